The van der Waals surface area contributed by atoms with Gasteiger partial charge in [-0.15, -0.1) is 0 Å². The predicted octanol–water partition coefficient (Wildman–Crippen LogP) is 3.89. The standard InChI is InChI=1S/C20H24N4/c1-15-11-17(14-24(15)13-16-7-3-2-4-8-16)12-21-20-22-18-9-5-6-10-19(18)23-20/h2-10,15,17H,11-14H2,1H3,(H2,21,22,23). The van der Waals surface area contributed by atoms with Gasteiger partial charge in [-0.05, 0) is 37.0 Å². The number of aromatic nitrogens is 2. The van der Waals surface area contributed by atoms with Crippen molar-refractivity contribution < 1.29 is 0 Å². The first-order valence-corrected chi connectivity index (χ1v) is 8.74. The van der Waals surface area contributed by atoms with Gasteiger partial charge in [0.2, 0.25) is 5.95 Å². The minimum absolute atomic E-state index is 0.632. The molecule has 2 aromatic carbocycles. The second-order valence-corrected chi connectivity index (χ2v) is 6.85. The molecule has 4 heteroatoms. The van der Waals surface area contributed by atoms with Gasteiger partial charge < -0.3 is 10.3 Å². The van der Waals surface area contributed by atoms with Crippen LogP contribution in [0.2, 0.25) is 0 Å². The Morgan fingerprint density at radius 1 is 1.12 bits per heavy atom. The molecule has 0 spiro atoms. The van der Waals surface area contributed by atoms with Crippen LogP contribution in [0.25, 0.3) is 11.0 Å². The van der Waals surface area contributed by atoms with E-state index in [1.807, 2.05) is 18.2 Å². The number of para-hydroxylation sites is 2. The zero-order valence-electron chi connectivity index (χ0n) is 14.1. The molecule has 3 aromatic rings. The molecule has 0 amide bonds. The van der Waals surface area contributed by atoms with E-state index in [-0.39, 0.29) is 0 Å². The first kappa shape index (κ1) is 15.2. The number of fused-ring (bicyclic) bond motifs is 1. The second-order valence-electron chi connectivity index (χ2n) is 6.85. The van der Waals surface area contributed by atoms with Crippen molar-refractivity contribution in [3.05, 3.63) is 60.2 Å². The predicted molar refractivity (Wildman–Crippen MR) is 99.0 cm³/mol. The summed E-state index contributed by atoms with van der Waals surface area (Å²) < 4.78 is 0. The number of nitrogens with one attached hydrogen (secondary N) is 2. The van der Waals surface area contributed by atoms with Gasteiger partial charge in [-0.1, -0.05) is 42.5 Å². The SMILES string of the molecule is CC1CC(CNc2nc3ccccc3[nH]2)CN1Cc1ccccc1. The molecule has 2 heterocycles. The van der Waals surface area contributed by atoms with Crippen molar-refractivity contribution in [3.8, 4) is 0 Å². The third-order valence-electron chi connectivity index (χ3n) is 4.97. The van der Waals surface area contributed by atoms with Crippen LogP contribution < -0.4 is 5.32 Å². The molecular formula is C20H24N4. The molecule has 124 valence electrons. The highest BCUT2D eigenvalue weighted by Crippen LogP contribution is 2.25. The van der Waals surface area contributed by atoms with E-state index in [0.717, 1.165) is 36.6 Å². The molecule has 24 heavy (non-hydrogen) atoms. The van der Waals surface area contributed by atoms with Gasteiger partial charge in [0, 0.05) is 25.7 Å². The van der Waals surface area contributed by atoms with E-state index in [1.165, 1.54) is 12.0 Å². The van der Waals surface area contributed by atoms with Gasteiger partial charge in [0.25, 0.3) is 0 Å². The summed E-state index contributed by atoms with van der Waals surface area (Å²) >= 11 is 0. The Labute approximate surface area is 142 Å². The van der Waals surface area contributed by atoms with Crippen LogP contribution >= 0.6 is 0 Å². The Morgan fingerprint density at radius 2 is 1.92 bits per heavy atom. The second kappa shape index (κ2) is 6.65. The van der Waals surface area contributed by atoms with Crippen LogP contribution in [0.1, 0.15) is 18.9 Å². The molecule has 4 nitrogen and oxygen atoms in total. The lowest BCUT2D eigenvalue weighted by atomic mass is 10.1. The van der Waals surface area contributed by atoms with Gasteiger partial charge in [0.05, 0.1) is 11.0 Å². The molecule has 0 aliphatic carbocycles. The fourth-order valence-electron chi connectivity index (χ4n) is 3.68. The van der Waals surface area contributed by atoms with Gasteiger partial charge >= 0.3 is 0 Å². The molecule has 4 rings (SSSR count). The zero-order valence-corrected chi connectivity index (χ0v) is 14.1. The molecule has 0 bridgehead atoms. The van der Waals surface area contributed by atoms with Crippen molar-refractivity contribution in [2.24, 2.45) is 5.92 Å². The maximum Gasteiger partial charge on any atom is 0.201 e. The van der Waals surface area contributed by atoms with Crippen molar-refractivity contribution in [1.29, 1.82) is 0 Å². The molecule has 2 atom stereocenters. The quantitative estimate of drug-likeness (QED) is 0.750. The Bertz CT molecular complexity index is 763. The summed E-state index contributed by atoms with van der Waals surface area (Å²) in [4.78, 5) is 10.5. The van der Waals surface area contributed by atoms with Crippen LogP contribution in [0.5, 0.6) is 0 Å². The maximum atomic E-state index is 4.60. The minimum Gasteiger partial charge on any atom is -0.355 e. The lowest BCUT2D eigenvalue weighted by molar-refractivity contribution is 0.256. The summed E-state index contributed by atoms with van der Waals surface area (Å²) in [5.74, 6) is 1.54. The van der Waals surface area contributed by atoms with E-state index in [0.29, 0.717) is 12.0 Å². The summed E-state index contributed by atoms with van der Waals surface area (Å²) in [5.41, 5.74) is 3.51. The fraction of sp³-hybridized carbons (Fsp3) is 0.350. The molecule has 1 aromatic heterocycles. The molecule has 1 saturated heterocycles. The van der Waals surface area contributed by atoms with E-state index in [9.17, 15) is 0 Å². The van der Waals surface area contributed by atoms with Crippen LogP contribution in [-0.2, 0) is 6.54 Å². The first-order chi connectivity index (χ1) is 11.8. The number of hydrogen-bond donors (Lipinski definition) is 2. The molecule has 2 unspecified atom stereocenters. The smallest absolute Gasteiger partial charge is 0.201 e. The first-order valence-electron chi connectivity index (χ1n) is 8.74. The highest BCUT2D eigenvalue weighted by molar-refractivity contribution is 5.77. The van der Waals surface area contributed by atoms with E-state index < -0.39 is 0 Å². The normalized spacial score (nSPS) is 21.4. The van der Waals surface area contributed by atoms with Crippen LogP contribution in [0.3, 0.4) is 0 Å². The van der Waals surface area contributed by atoms with Gasteiger partial charge in [-0.3, -0.25) is 4.90 Å². The number of nitrogens with zero attached hydrogens (tertiary/aromatic N) is 2. The average Bonchev–Trinajstić information content (AvgIpc) is 3.17. The third kappa shape index (κ3) is 3.29. The number of hydrogen-bond acceptors (Lipinski definition) is 3. The number of anilines is 1. The third-order valence-corrected chi connectivity index (χ3v) is 4.97. The Kier molecular flexibility index (Phi) is 4.22. The van der Waals surface area contributed by atoms with Crippen molar-refractivity contribution in [2.45, 2.75) is 25.9 Å². The van der Waals surface area contributed by atoms with Crippen LogP contribution in [0, 0.1) is 5.92 Å². The summed E-state index contributed by atoms with van der Waals surface area (Å²) in [7, 11) is 0. The Hall–Kier alpha value is -2.33. The van der Waals surface area contributed by atoms with Crippen molar-refractivity contribution in [2.75, 3.05) is 18.4 Å². The largest absolute Gasteiger partial charge is 0.355 e. The molecule has 1 aliphatic heterocycles. The van der Waals surface area contributed by atoms with E-state index >= 15 is 0 Å². The van der Waals surface area contributed by atoms with Crippen molar-refractivity contribution in [1.82, 2.24) is 14.9 Å². The minimum atomic E-state index is 0.632. The summed E-state index contributed by atoms with van der Waals surface area (Å²) in [6.07, 6.45) is 1.24. The molecule has 1 fully saturated rings. The van der Waals surface area contributed by atoms with E-state index in [4.69, 9.17) is 0 Å². The molecule has 0 saturated carbocycles. The number of aromatic amines is 1. The van der Waals surface area contributed by atoms with Gasteiger partial charge in [0.15, 0.2) is 0 Å². The summed E-state index contributed by atoms with van der Waals surface area (Å²) in [5, 5.41) is 3.49. The highest BCUT2D eigenvalue weighted by Gasteiger charge is 2.28. The zero-order chi connectivity index (χ0) is 16.4. The van der Waals surface area contributed by atoms with Crippen molar-refractivity contribution >= 4 is 17.0 Å². The summed E-state index contributed by atoms with van der Waals surface area (Å²) in [6, 6.07) is 19.5. The lowest BCUT2D eigenvalue weighted by Crippen LogP contribution is -2.27. The average molecular weight is 320 g/mol. The van der Waals surface area contributed by atoms with Gasteiger partial charge in [-0.2, -0.15) is 0 Å². The van der Waals surface area contributed by atoms with Crippen molar-refractivity contribution in [3.63, 3.8) is 0 Å². The topological polar surface area (TPSA) is 44.0 Å². The van der Waals surface area contributed by atoms with E-state index in [2.05, 4.69) is 63.5 Å². The number of H-pyrrole nitrogens is 1. The highest BCUT2D eigenvalue weighted by atomic mass is 15.2. The molecule has 2 N–H and O–H groups in total. The Morgan fingerprint density at radius 3 is 2.75 bits per heavy atom. The molecular weight excluding hydrogens is 296 g/mol. The summed E-state index contributed by atoms with van der Waals surface area (Å²) in [6.45, 7) is 5.49. The van der Waals surface area contributed by atoms with E-state index in [1.54, 1.807) is 0 Å². The number of rotatable bonds is 5. The monoisotopic (exact) mass is 320 g/mol. The maximum absolute atomic E-state index is 4.60. The number of likely N-dealkylation sites (tertiary alicyclic amines) is 1. The van der Waals surface area contributed by atoms with Crippen LogP contribution in [0.15, 0.2) is 54.6 Å². The molecule has 0 radical (unpaired) electrons. The molecule has 1 aliphatic rings. The van der Waals surface area contributed by atoms with Gasteiger partial charge in [0.1, 0.15) is 0 Å². The van der Waals surface area contributed by atoms with Crippen LogP contribution in [0.4, 0.5) is 5.95 Å². The number of imidazole rings is 1. The lowest BCUT2D eigenvalue weighted by Gasteiger charge is -2.21. The fourth-order valence-corrected chi connectivity index (χ4v) is 3.68. The van der Waals surface area contributed by atoms with Gasteiger partial charge in [-0.25, -0.2) is 4.98 Å². The Balaban J connectivity index is 1.34. The number of benzene rings is 2. The van der Waals surface area contributed by atoms with Crippen LogP contribution in [-0.4, -0.2) is 34.0 Å².